The lowest BCUT2D eigenvalue weighted by Gasteiger charge is -2.14. The van der Waals surface area contributed by atoms with Crippen LogP contribution >= 0.6 is 0 Å². The Morgan fingerprint density at radius 1 is 1.04 bits per heavy atom. The number of amides is 1. The Hall–Kier alpha value is -3.81. The molecule has 0 fully saturated rings. The van der Waals surface area contributed by atoms with Gasteiger partial charge in [-0.3, -0.25) is 9.59 Å². The predicted molar refractivity (Wildman–Crippen MR) is 100 cm³/mol. The highest BCUT2D eigenvalue weighted by atomic mass is 16.3. The molecule has 8 nitrogen and oxygen atoms in total. The molecule has 3 aromatic rings. The number of carbonyl (C=O) groups is 1. The summed E-state index contributed by atoms with van der Waals surface area (Å²) in [7, 11) is 0. The van der Waals surface area contributed by atoms with Crippen LogP contribution in [0.4, 0.5) is 5.69 Å². The Morgan fingerprint density at radius 2 is 1.78 bits per heavy atom. The topological polar surface area (TPSA) is 111 Å². The van der Waals surface area contributed by atoms with Gasteiger partial charge >= 0.3 is 5.91 Å². The lowest BCUT2D eigenvalue weighted by atomic mass is 9.97. The molecule has 3 rings (SSSR count). The van der Waals surface area contributed by atoms with Crippen LogP contribution in [0.1, 0.15) is 21.6 Å². The molecule has 8 heteroatoms. The van der Waals surface area contributed by atoms with Gasteiger partial charge in [-0.2, -0.15) is 5.10 Å². The molecule has 0 saturated heterocycles. The van der Waals surface area contributed by atoms with Crippen LogP contribution in [0.2, 0.25) is 0 Å². The van der Waals surface area contributed by atoms with Gasteiger partial charge in [0.2, 0.25) is 11.1 Å². The second-order valence-corrected chi connectivity index (χ2v) is 5.96. The van der Waals surface area contributed by atoms with Crippen LogP contribution in [-0.4, -0.2) is 15.7 Å². The van der Waals surface area contributed by atoms with Crippen LogP contribution in [0.3, 0.4) is 0 Å². The van der Waals surface area contributed by atoms with E-state index in [1.165, 1.54) is 4.68 Å². The first-order valence-electron chi connectivity index (χ1n) is 7.98. The van der Waals surface area contributed by atoms with E-state index in [1.54, 1.807) is 12.1 Å². The standard InChI is InChI=1S/C19H14N4O4/c1-11-7-8-12(2)14(9-11)13-5-3-4-6-16(13)23-10-15(21-26)18(24)17(20-23)19(25)22-27/h3-10H,1-2H3. The number of carbonyl (C=O) groups excluding carboxylic acids is 1. The van der Waals surface area contributed by atoms with Crippen LogP contribution < -0.4 is 5.43 Å². The Bertz CT molecular complexity index is 1130. The summed E-state index contributed by atoms with van der Waals surface area (Å²) in [6.07, 6.45) is 1.13. The van der Waals surface area contributed by atoms with Crippen LogP contribution in [0.5, 0.6) is 0 Å². The number of aromatic nitrogens is 2. The third-order valence-corrected chi connectivity index (χ3v) is 4.12. The number of nitroso groups, excluding NO2 is 2. The molecule has 27 heavy (non-hydrogen) atoms. The number of benzene rings is 2. The van der Waals surface area contributed by atoms with Gasteiger partial charge in [-0.05, 0) is 36.2 Å². The fraction of sp³-hybridized carbons (Fsp3) is 0.105. The molecule has 0 saturated carbocycles. The van der Waals surface area contributed by atoms with Crippen molar-refractivity contribution in [3.63, 3.8) is 0 Å². The van der Waals surface area contributed by atoms with Gasteiger partial charge in [-0.1, -0.05) is 42.0 Å². The van der Waals surface area contributed by atoms with E-state index in [-0.39, 0.29) is 0 Å². The quantitative estimate of drug-likeness (QED) is 0.655. The summed E-state index contributed by atoms with van der Waals surface area (Å²) in [5.41, 5.74) is 1.94. The largest absolute Gasteiger partial charge is 0.340 e. The zero-order chi connectivity index (χ0) is 19.6. The van der Waals surface area contributed by atoms with Crippen LogP contribution in [-0.2, 0) is 0 Å². The minimum Gasteiger partial charge on any atom is -0.285 e. The lowest BCUT2D eigenvalue weighted by Crippen LogP contribution is -2.20. The molecule has 0 unspecified atom stereocenters. The second kappa shape index (κ2) is 7.20. The van der Waals surface area contributed by atoms with E-state index < -0.39 is 22.7 Å². The van der Waals surface area contributed by atoms with Crippen molar-refractivity contribution in [3.8, 4) is 16.8 Å². The Morgan fingerprint density at radius 3 is 2.48 bits per heavy atom. The van der Waals surface area contributed by atoms with Crippen molar-refractivity contribution < 1.29 is 4.79 Å². The normalized spacial score (nSPS) is 10.4. The van der Waals surface area contributed by atoms with Crippen molar-refractivity contribution in [2.24, 2.45) is 10.4 Å². The summed E-state index contributed by atoms with van der Waals surface area (Å²) < 4.78 is 1.19. The number of hydrogen-bond acceptors (Lipinski definition) is 6. The van der Waals surface area contributed by atoms with Crippen LogP contribution in [0.15, 0.2) is 63.8 Å². The van der Waals surface area contributed by atoms with E-state index in [2.05, 4.69) is 15.5 Å². The van der Waals surface area contributed by atoms with Gasteiger partial charge in [0.1, 0.15) is 0 Å². The van der Waals surface area contributed by atoms with Crippen molar-refractivity contribution in [3.05, 3.63) is 85.5 Å². The molecule has 1 amide bonds. The van der Waals surface area contributed by atoms with Crippen LogP contribution in [0, 0.1) is 23.7 Å². The first-order valence-corrected chi connectivity index (χ1v) is 7.98. The van der Waals surface area contributed by atoms with Gasteiger partial charge < -0.3 is 0 Å². The highest BCUT2D eigenvalue weighted by Gasteiger charge is 2.20. The van der Waals surface area contributed by atoms with Gasteiger partial charge in [0, 0.05) is 10.7 Å². The summed E-state index contributed by atoms with van der Waals surface area (Å²) in [6.45, 7) is 3.91. The Balaban J connectivity index is 2.32. The first kappa shape index (κ1) is 18.0. The number of rotatable bonds is 4. The lowest BCUT2D eigenvalue weighted by molar-refractivity contribution is 0.0993. The fourth-order valence-electron chi connectivity index (χ4n) is 2.78. The molecule has 0 spiro atoms. The molecule has 0 aliphatic rings. The van der Waals surface area contributed by atoms with Crippen molar-refractivity contribution in [2.45, 2.75) is 13.8 Å². The van der Waals surface area contributed by atoms with E-state index in [4.69, 9.17) is 0 Å². The van der Waals surface area contributed by atoms with Crippen molar-refractivity contribution in [1.29, 1.82) is 0 Å². The maximum Gasteiger partial charge on any atom is 0.340 e. The highest BCUT2D eigenvalue weighted by molar-refractivity contribution is 5.93. The van der Waals surface area contributed by atoms with Crippen molar-refractivity contribution in [2.75, 3.05) is 0 Å². The molecule has 0 aliphatic heterocycles. The van der Waals surface area contributed by atoms with E-state index in [1.807, 2.05) is 44.2 Å². The molecule has 0 radical (unpaired) electrons. The molecule has 0 aliphatic carbocycles. The molecule has 0 N–H and O–H groups in total. The molecule has 2 aromatic carbocycles. The maximum atomic E-state index is 12.0. The summed E-state index contributed by atoms with van der Waals surface area (Å²) in [4.78, 5) is 45.3. The van der Waals surface area contributed by atoms with Gasteiger partial charge in [0.25, 0.3) is 0 Å². The minimum absolute atomic E-state index is 0.510. The summed E-state index contributed by atoms with van der Waals surface area (Å²) in [5.74, 6) is -1.36. The molecule has 1 aromatic heterocycles. The monoisotopic (exact) mass is 362 g/mol. The number of aryl methyl sites for hydroxylation is 2. The summed E-state index contributed by atoms with van der Waals surface area (Å²) in [5, 5.41) is 8.80. The fourth-order valence-corrected chi connectivity index (χ4v) is 2.78. The average molecular weight is 362 g/mol. The number of nitrogens with zero attached hydrogens (tertiary/aromatic N) is 4. The average Bonchev–Trinajstić information content (AvgIpc) is 2.69. The molecule has 134 valence electrons. The molecule has 1 heterocycles. The van der Waals surface area contributed by atoms with Gasteiger partial charge in [0.15, 0.2) is 5.69 Å². The maximum absolute atomic E-state index is 12.0. The molecular weight excluding hydrogens is 348 g/mol. The summed E-state index contributed by atoms with van der Waals surface area (Å²) >= 11 is 0. The van der Waals surface area contributed by atoms with Gasteiger partial charge in [-0.15, -0.1) is 9.81 Å². The summed E-state index contributed by atoms with van der Waals surface area (Å²) in [6, 6.07) is 13.1. The predicted octanol–water partition coefficient (Wildman–Crippen LogP) is 3.82. The van der Waals surface area contributed by atoms with E-state index in [0.29, 0.717) is 5.69 Å². The third kappa shape index (κ3) is 3.32. The SMILES string of the molecule is Cc1ccc(C)c(-c2ccccc2-n2cc(N=O)c(=O)c(C(=O)N=O)n2)c1. The zero-order valence-corrected chi connectivity index (χ0v) is 14.5. The smallest absolute Gasteiger partial charge is 0.285 e. The highest BCUT2D eigenvalue weighted by Crippen LogP contribution is 2.30. The molecular formula is C19H14N4O4. The van der Waals surface area contributed by atoms with Crippen LogP contribution in [0.25, 0.3) is 16.8 Å². The van der Waals surface area contributed by atoms with E-state index in [0.717, 1.165) is 28.5 Å². The molecule has 0 atom stereocenters. The first-order chi connectivity index (χ1) is 13.0. The number of hydrogen-bond donors (Lipinski definition) is 0. The van der Waals surface area contributed by atoms with Crippen molar-refractivity contribution >= 4 is 11.6 Å². The Labute approximate surface area is 153 Å². The van der Waals surface area contributed by atoms with Gasteiger partial charge in [-0.25, -0.2) is 4.68 Å². The van der Waals surface area contributed by atoms with Gasteiger partial charge in [0.05, 0.1) is 11.9 Å². The zero-order valence-electron chi connectivity index (χ0n) is 14.5. The third-order valence-electron chi connectivity index (χ3n) is 4.12. The Kier molecular flexibility index (Phi) is 4.80. The van der Waals surface area contributed by atoms with E-state index in [9.17, 15) is 19.4 Å². The van der Waals surface area contributed by atoms with Crippen molar-refractivity contribution in [1.82, 2.24) is 9.78 Å². The number of para-hydroxylation sites is 1. The second-order valence-electron chi connectivity index (χ2n) is 5.96. The van der Waals surface area contributed by atoms with E-state index >= 15 is 0 Å². The molecule has 0 bridgehead atoms. The minimum atomic E-state index is -1.36.